The molecule has 3 aromatic rings. The summed E-state index contributed by atoms with van der Waals surface area (Å²) in [5, 5.41) is 0. The van der Waals surface area contributed by atoms with Crippen molar-refractivity contribution < 1.29 is 23.7 Å². The number of methoxy groups -OCH3 is 2. The predicted octanol–water partition coefficient (Wildman–Crippen LogP) is 3.64. The number of aromatic nitrogens is 1. The number of carbonyl (C=O) groups excluding carboxylic acids is 1. The maximum absolute atomic E-state index is 12.9. The van der Waals surface area contributed by atoms with Crippen molar-refractivity contribution in [3.8, 4) is 23.0 Å². The third kappa shape index (κ3) is 3.55. The number of carbonyl (C=O) groups is 1. The zero-order valence-electron chi connectivity index (χ0n) is 16.6. The fourth-order valence-corrected chi connectivity index (χ4v) is 4.46. The Balaban J connectivity index is 1.85. The standard InChI is InChI=1S/C21H22N2O5S/c1-4-9-23-18-15(25-2)7-8-16(26-3)19(18)29-21(23)22-20(24)13-5-6-14-17(12-13)28-11-10-27-14/h5-8,12H,4,9-11H2,1-3H3. The molecule has 0 aliphatic carbocycles. The molecular weight excluding hydrogens is 392 g/mol. The van der Waals surface area contributed by atoms with E-state index in [1.54, 1.807) is 32.4 Å². The number of rotatable bonds is 5. The van der Waals surface area contributed by atoms with Gasteiger partial charge in [0, 0.05) is 12.1 Å². The molecule has 1 aromatic heterocycles. The average Bonchev–Trinajstić information content (AvgIpc) is 3.11. The number of nitrogens with zero attached hydrogens (tertiary/aromatic N) is 2. The van der Waals surface area contributed by atoms with E-state index in [1.165, 1.54) is 11.3 Å². The molecule has 1 aliphatic rings. The van der Waals surface area contributed by atoms with Crippen LogP contribution in [0.25, 0.3) is 10.2 Å². The summed E-state index contributed by atoms with van der Waals surface area (Å²) in [6.07, 6.45) is 0.887. The van der Waals surface area contributed by atoms with E-state index in [0.717, 1.165) is 28.1 Å². The number of aryl methyl sites for hydroxylation is 1. The molecule has 0 radical (unpaired) electrons. The molecule has 152 valence electrons. The molecule has 29 heavy (non-hydrogen) atoms. The van der Waals surface area contributed by atoms with Gasteiger partial charge in [-0.05, 0) is 36.8 Å². The van der Waals surface area contributed by atoms with Gasteiger partial charge in [0.1, 0.15) is 34.9 Å². The second-order valence-electron chi connectivity index (χ2n) is 6.46. The first-order chi connectivity index (χ1) is 14.2. The van der Waals surface area contributed by atoms with Gasteiger partial charge >= 0.3 is 0 Å². The molecule has 0 spiro atoms. The maximum Gasteiger partial charge on any atom is 0.279 e. The fraction of sp³-hybridized carbons (Fsp3) is 0.333. The van der Waals surface area contributed by atoms with E-state index in [-0.39, 0.29) is 5.91 Å². The Labute approximate surface area is 172 Å². The molecule has 1 amide bonds. The first-order valence-corrected chi connectivity index (χ1v) is 10.2. The van der Waals surface area contributed by atoms with Crippen LogP contribution in [0, 0.1) is 0 Å². The van der Waals surface area contributed by atoms with Crippen LogP contribution in [0.5, 0.6) is 23.0 Å². The molecule has 0 unspecified atom stereocenters. The van der Waals surface area contributed by atoms with E-state index in [1.807, 2.05) is 16.7 Å². The third-order valence-electron chi connectivity index (χ3n) is 4.63. The summed E-state index contributed by atoms with van der Waals surface area (Å²) in [5.41, 5.74) is 1.33. The lowest BCUT2D eigenvalue weighted by atomic mass is 10.2. The zero-order valence-corrected chi connectivity index (χ0v) is 17.4. The van der Waals surface area contributed by atoms with Crippen molar-refractivity contribution >= 4 is 27.5 Å². The molecule has 7 nitrogen and oxygen atoms in total. The number of ether oxygens (including phenoxy) is 4. The molecule has 0 N–H and O–H groups in total. The first kappa shape index (κ1) is 19.3. The fourth-order valence-electron chi connectivity index (χ4n) is 3.30. The van der Waals surface area contributed by atoms with Crippen LogP contribution in [0.3, 0.4) is 0 Å². The Kier molecular flexibility index (Phi) is 5.44. The van der Waals surface area contributed by atoms with Gasteiger partial charge in [0.15, 0.2) is 16.3 Å². The minimum absolute atomic E-state index is 0.337. The van der Waals surface area contributed by atoms with Gasteiger partial charge in [0.2, 0.25) is 0 Å². The summed E-state index contributed by atoms with van der Waals surface area (Å²) in [6, 6.07) is 8.86. The van der Waals surface area contributed by atoms with Crippen LogP contribution >= 0.6 is 11.3 Å². The smallest absolute Gasteiger partial charge is 0.279 e. The van der Waals surface area contributed by atoms with Crippen molar-refractivity contribution in [3.05, 3.63) is 40.7 Å². The lowest BCUT2D eigenvalue weighted by molar-refractivity contribution is 0.0996. The van der Waals surface area contributed by atoms with E-state index >= 15 is 0 Å². The van der Waals surface area contributed by atoms with Crippen molar-refractivity contribution in [2.45, 2.75) is 19.9 Å². The molecule has 2 heterocycles. The Bertz CT molecular complexity index is 1130. The van der Waals surface area contributed by atoms with Gasteiger partial charge in [-0.1, -0.05) is 18.3 Å². The number of thiazole rings is 1. The van der Waals surface area contributed by atoms with Gasteiger partial charge in [-0.15, -0.1) is 0 Å². The SMILES string of the molecule is CCCn1c(=NC(=O)c2ccc3c(c2)OCCO3)sc2c(OC)ccc(OC)c21. The molecule has 0 saturated carbocycles. The topological polar surface area (TPSA) is 71.3 Å². The zero-order chi connectivity index (χ0) is 20.4. The van der Waals surface area contributed by atoms with Gasteiger partial charge in [0.05, 0.1) is 14.2 Å². The Morgan fingerprint density at radius 2 is 1.83 bits per heavy atom. The molecular formula is C21H22N2O5S. The number of hydrogen-bond acceptors (Lipinski definition) is 6. The van der Waals surface area contributed by atoms with Crippen LogP contribution in [0.4, 0.5) is 0 Å². The third-order valence-corrected chi connectivity index (χ3v) is 5.72. The minimum atomic E-state index is -0.337. The highest BCUT2D eigenvalue weighted by Gasteiger charge is 2.18. The number of fused-ring (bicyclic) bond motifs is 2. The Hall–Kier alpha value is -3.00. The largest absolute Gasteiger partial charge is 0.495 e. The average molecular weight is 414 g/mol. The van der Waals surface area contributed by atoms with Crippen LogP contribution in [0.2, 0.25) is 0 Å². The van der Waals surface area contributed by atoms with Crippen molar-refractivity contribution in [3.63, 3.8) is 0 Å². The number of amides is 1. The molecule has 0 saturated heterocycles. The lowest BCUT2D eigenvalue weighted by Gasteiger charge is -2.18. The molecule has 2 aromatic carbocycles. The molecule has 1 aliphatic heterocycles. The Morgan fingerprint density at radius 3 is 2.55 bits per heavy atom. The summed E-state index contributed by atoms with van der Waals surface area (Å²) in [5.74, 6) is 2.32. The second kappa shape index (κ2) is 8.16. The normalized spacial score (nSPS) is 13.6. The number of hydrogen-bond donors (Lipinski definition) is 0. The van der Waals surface area contributed by atoms with Crippen molar-refractivity contribution in [1.29, 1.82) is 0 Å². The quantitative estimate of drug-likeness (QED) is 0.637. The van der Waals surface area contributed by atoms with Crippen molar-refractivity contribution in [2.24, 2.45) is 4.99 Å². The van der Waals surface area contributed by atoms with Gasteiger partial charge in [-0.2, -0.15) is 4.99 Å². The Morgan fingerprint density at radius 1 is 1.10 bits per heavy atom. The summed E-state index contributed by atoms with van der Waals surface area (Å²) in [6.45, 7) is 3.76. The van der Waals surface area contributed by atoms with E-state index < -0.39 is 0 Å². The molecule has 4 rings (SSSR count). The van der Waals surface area contributed by atoms with Crippen LogP contribution in [0.15, 0.2) is 35.3 Å². The van der Waals surface area contributed by atoms with Gasteiger partial charge in [-0.25, -0.2) is 0 Å². The molecule has 0 atom stereocenters. The van der Waals surface area contributed by atoms with Crippen molar-refractivity contribution in [1.82, 2.24) is 4.57 Å². The van der Waals surface area contributed by atoms with E-state index in [2.05, 4.69) is 11.9 Å². The molecule has 0 fully saturated rings. The highest BCUT2D eigenvalue weighted by Crippen LogP contribution is 2.35. The summed E-state index contributed by atoms with van der Waals surface area (Å²) >= 11 is 1.41. The first-order valence-electron chi connectivity index (χ1n) is 9.39. The van der Waals surface area contributed by atoms with E-state index in [9.17, 15) is 4.79 Å². The van der Waals surface area contributed by atoms with Crippen molar-refractivity contribution in [2.75, 3.05) is 27.4 Å². The second-order valence-corrected chi connectivity index (χ2v) is 7.44. The highest BCUT2D eigenvalue weighted by atomic mass is 32.1. The van der Waals surface area contributed by atoms with Gasteiger partial charge in [0.25, 0.3) is 5.91 Å². The molecule has 0 bridgehead atoms. The summed E-state index contributed by atoms with van der Waals surface area (Å²) < 4.78 is 25.1. The van der Waals surface area contributed by atoms with Crippen LogP contribution in [-0.4, -0.2) is 37.9 Å². The lowest BCUT2D eigenvalue weighted by Crippen LogP contribution is -2.18. The predicted molar refractivity (Wildman–Crippen MR) is 111 cm³/mol. The van der Waals surface area contributed by atoms with E-state index in [4.69, 9.17) is 18.9 Å². The van der Waals surface area contributed by atoms with Crippen LogP contribution in [-0.2, 0) is 6.54 Å². The van der Waals surface area contributed by atoms with Gasteiger partial charge < -0.3 is 23.5 Å². The monoisotopic (exact) mass is 414 g/mol. The van der Waals surface area contributed by atoms with Crippen LogP contribution < -0.4 is 23.7 Å². The minimum Gasteiger partial charge on any atom is -0.495 e. The maximum atomic E-state index is 12.9. The van der Waals surface area contributed by atoms with Gasteiger partial charge in [-0.3, -0.25) is 4.79 Å². The number of benzene rings is 2. The van der Waals surface area contributed by atoms with E-state index in [0.29, 0.717) is 41.6 Å². The summed E-state index contributed by atoms with van der Waals surface area (Å²) in [4.78, 5) is 17.9. The highest BCUT2D eigenvalue weighted by molar-refractivity contribution is 7.16. The summed E-state index contributed by atoms with van der Waals surface area (Å²) in [7, 11) is 3.26. The molecule has 8 heteroatoms. The van der Waals surface area contributed by atoms with Crippen LogP contribution in [0.1, 0.15) is 23.7 Å².